The summed E-state index contributed by atoms with van der Waals surface area (Å²) < 4.78 is 10.3. The minimum absolute atomic E-state index is 0.00797. The van der Waals surface area contributed by atoms with Crippen LogP contribution in [0.4, 0.5) is 0 Å². The van der Waals surface area contributed by atoms with Crippen molar-refractivity contribution in [3.8, 4) is 0 Å². The van der Waals surface area contributed by atoms with Gasteiger partial charge in [-0.25, -0.2) is 14.6 Å². The second-order valence-electron chi connectivity index (χ2n) is 5.25. The average molecular weight is 382 g/mol. The monoisotopic (exact) mass is 381 g/mol. The first-order valence-electron chi connectivity index (χ1n) is 7.76. The molecule has 0 atom stereocenters. The van der Waals surface area contributed by atoms with Crippen molar-refractivity contribution in [1.29, 1.82) is 0 Å². The Morgan fingerprint density at radius 2 is 1.60 bits per heavy atom. The number of hydrogen-bond acceptors (Lipinski definition) is 5. The van der Waals surface area contributed by atoms with Gasteiger partial charge in [0.25, 0.3) is 0 Å². The zero-order valence-corrected chi connectivity index (χ0v) is 15.1. The van der Waals surface area contributed by atoms with E-state index < -0.39 is 11.9 Å². The number of halogens is 2. The van der Waals surface area contributed by atoms with Crippen LogP contribution in [-0.2, 0) is 16.1 Å². The van der Waals surface area contributed by atoms with Crippen molar-refractivity contribution < 1.29 is 19.1 Å². The number of ether oxygens (including phenoxy) is 2. The number of carbonyl (C=O) groups is 2. The van der Waals surface area contributed by atoms with Gasteiger partial charge in [0.15, 0.2) is 0 Å². The Morgan fingerprint density at radius 3 is 2.20 bits per heavy atom. The lowest BCUT2D eigenvalue weighted by Gasteiger charge is -2.07. The molecule has 0 aliphatic heterocycles. The molecule has 132 valence electrons. The van der Waals surface area contributed by atoms with Crippen molar-refractivity contribution in [2.24, 2.45) is 0 Å². The van der Waals surface area contributed by atoms with Crippen LogP contribution in [0, 0.1) is 0 Å². The normalized spacial score (nSPS) is 10.4. The van der Waals surface area contributed by atoms with Crippen molar-refractivity contribution in [2.75, 3.05) is 6.61 Å². The molecule has 0 N–H and O–H groups in total. The highest BCUT2D eigenvalue weighted by molar-refractivity contribution is 6.34. The molecule has 0 fully saturated rings. The number of rotatable bonds is 7. The van der Waals surface area contributed by atoms with Crippen molar-refractivity contribution in [3.63, 3.8) is 0 Å². The van der Waals surface area contributed by atoms with Crippen LogP contribution in [-0.4, -0.2) is 23.5 Å². The molecule has 0 bridgehead atoms. The lowest BCUT2D eigenvalue weighted by molar-refractivity contribution is 0.0463. The molecular weight excluding hydrogens is 365 g/mol. The van der Waals surface area contributed by atoms with Gasteiger partial charge in [-0.2, -0.15) is 0 Å². The molecule has 0 aliphatic rings. The van der Waals surface area contributed by atoms with E-state index in [1.165, 1.54) is 12.1 Å². The van der Waals surface area contributed by atoms with Crippen LogP contribution in [0.1, 0.15) is 46.3 Å². The summed E-state index contributed by atoms with van der Waals surface area (Å²) in [6.45, 7) is 2.31. The molecule has 0 amide bonds. The molecule has 2 aromatic rings. The zero-order chi connectivity index (χ0) is 18.2. The van der Waals surface area contributed by atoms with Crippen LogP contribution >= 0.6 is 23.2 Å². The highest BCUT2D eigenvalue weighted by atomic mass is 35.5. The van der Waals surface area contributed by atoms with E-state index in [2.05, 4.69) is 4.98 Å². The maximum absolute atomic E-state index is 12.1. The van der Waals surface area contributed by atoms with Gasteiger partial charge in [-0.05, 0) is 42.3 Å². The average Bonchev–Trinajstić information content (AvgIpc) is 2.59. The predicted octanol–water partition coefficient (Wildman–Crippen LogP) is 4.70. The third-order valence-electron chi connectivity index (χ3n) is 3.19. The number of unbranched alkanes of at least 4 members (excludes halogenated alkanes) is 1. The smallest absolute Gasteiger partial charge is 0.357 e. The Balaban J connectivity index is 1.99. The topological polar surface area (TPSA) is 65.5 Å². The molecule has 0 aliphatic carbocycles. The van der Waals surface area contributed by atoms with Gasteiger partial charge >= 0.3 is 11.9 Å². The molecule has 0 unspecified atom stereocenters. The molecule has 5 nitrogen and oxygen atoms in total. The van der Waals surface area contributed by atoms with E-state index in [9.17, 15) is 9.59 Å². The first-order valence-corrected chi connectivity index (χ1v) is 8.51. The van der Waals surface area contributed by atoms with Crippen molar-refractivity contribution >= 4 is 35.1 Å². The summed E-state index contributed by atoms with van der Waals surface area (Å²) in [5.74, 6) is -1.22. The number of esters is 2. The molecule has 0 radical (unpaired) electrons. The summed E-state index contributed by atoms with van der Waals surface area (Å²) in [7, 11) is 0. The van der Waals surface area contributed by atoms with Crippen LogP contribution in [0.2, 0.25) is 10.0 Å². The van der Waals surface area contributed by atoms with Gasteiger partial charge < -0.3 is 9.47 Å². The molecule has 0 saturated heterocycles. The Labute approximate surface area is 155 Å². The second kappa shape index (κ2) is 9.39. The summed E-state index contributed by atoms with van der Waals surface area (Å²) in [5.41, 5.74) is 0.746. The molecular formula is C18H17Cl2NO4. The molecule has 2 rings (SSSR count). The van der Waals surface area contributed by atoms with E-state index in [1.807, 2.05) is 6.92 Å². The number of hydrogen-bond donors (Lipinski definition) is 0. The number of carbonyl (C=O) groups excluding carboxylic acids is 2. The standard InChI is InChI=1S/C18H17Cl2NO4/c1-2-3-7-24-17(22)15-5-4-6-16(21-15)18(23)25-11-12-8-13(19)10-14(20)9-12/h4-6,8-10H,2-3,7,11H2,1H3. The summed E-state index contributed by atoms with van der Waals surface area (Å²) in [6, 6.07) is 9.39. The van der Waals surface area contributed by atoms with Gasteiger partial charge in [0.05, 0.1) is 6.61 Å². The van der Waals surface area contributed by atoms with Gasteiger partial charge in [-0.3, -0.25) is 0 Å². The van der Waals surface area contributed by atoms with Crippen LogP contribution in [0.15, 0.2) is 36.4 Å². The second-order valence-corrected chi connectivity index (χ2v) is 6.12. The van der Waals surface area contributed by atoms with E-state index in [4.69, 9.17) is 32.7 Å². The molecule has 0 saturated carbocycles. The summed E-state index contributed by atoms with van der Waals surface area (Å²) in [6.07, 6.45) is 1.69. The van der Waals surface area contributed by atoms with E-state index in [0.29, 0.717) is 22.2 Å². The largest absolute Gasteiger partial charge is 0.461 e. The lowest BCUT2D eigenvalue weighted by atomic mass is 10.2. The number of aromatic nitrogens is 1. The highest BCUT2D eigenvalue weighted by Gasteiger charge is 2.14. The summed E-state index contributed by atoms with van der Waals surface area (Å²) in [4.78, 5) is 28.0. The molecule has 7 heteroatoms. The van der Waals surface area contributed by atoms with Crippen molar-refractivity contribution in [1.82, 2.24) is 4.98 Å². The Kier molecular flexibility index (Phi) is 7.22. The first-order chi connectivity index (χ1) is 12.0. The van der Waals surface area contributed by atoms with Crippen molar-refractivity contribution in [3.05, 3.63) is 63.4 Å². The molecule has 25 heavy (non-hydrogen) atoms. The van der Waals surface area contributed by atoms with Crippen LogP contribution in [0.25, 0.3) is 0 Å². The van der Waals surface area contributed by atoms with E-state index in [-0.39, 0.29) is 18.0 Å². The van der Waals surface area contributed by atoms with E-state index >= 15 is 0 Å². The van der Waals surface area contributed by atoms with Gasteiger partial charge in [0.2, 0.25) is 0 Å². The third-order valence-corrected chi connectivity index (χ3v) is 3.63. The SMILES string of the molecule is CCCCOC(=O)c1cccc(C(=O)OCc2cc(Cl)cc(Cl)c2)n1. The Hall–Kier alpha value is -2.11. The Bertz CT molecular complexity index is 744. The van der Waals surface area contributed by atoms with Gasteiger partial charge in [0.1, 0.15) is 18.0 Å². The summed E-state index contributed by atoms with van der Waals surface area (Å²) >= 11 is 11.8. The maximum atomic E-state index is 12.1. The number of benzene rings is 1. The fourth-order valence-electron chi connectivity index (χ4n) is 1.96. The molecule has 1 aromatic carbocycles. The van der Waals surface area contributed by atoms with Crippen LogP contribution in [0.3, 0.4) is 0 Å². The van der Waals surface area contributed by atoms with Crippen LogP contribution < -0.4 is 0 Å². The zero-order valence-electron chi connectivity index (χ0n) is 13.6. The number of pyridine rings is 1. The molecule has 1 aromatic heterocycles. The quantitative estimate of drug-likeness (QED) is 0.513. The van der Waals surface area contributed by atoms with Crippen molar-refractivity contribution in [2.45, 2.75) is 26.4 Å². The summed E-state index contributed by atoms with van der Waals surface area (Å²) in [5, 5.41) is 0.905. The Morgan fingerprint density at radius 1 is 1.00 bits per heavy atom. The fraction of sp³-hybridized carbons (Fsp3) is 0.278. The molecule has 0 spiro atoms. The minimum atomic E-state index is -0.653. The molecule has 1 heterocycles. The lowest BCUT2D eigenvalue weighted by Crippen LogP contribution is -2.13. The predicted molar refractivity (Wildman–Crippen MR) is 95.0 cm³/mol. The van der Waals surface area contributed by atoms with Gasteiger partial charge in [0, 0.05) is 10.0 Å². The third kappa shape index (κ3) is 6.03. The first kappa shape index (κ1) is 19.2. The maximum Gasteiger partial charge on any atom is 0.357 e. The fourth-order valence-corrected chi connectivity index (χ4v) is 2.53. The minimum Gasteiger partial charge on any atom is -0.461 e. The van der Waals surface area contributed by atoms with E-state index in [0.717, 1.165) is 12.8 Å². The number of nitrogens with zero attached hydrogens (tertiary/aromatic N) is 1. The van der Waals surface area contributed by atoms with E-state index in [1.54, 1.807) is 24.3 Å². The van der Waals surface area contributed by atoms with Crippen LogP contribution in [0.5, 0.6) is 0 Å². The van der Waals surface area contributed by atoms with Gasteiger partial charge in [-0.15, -0.1) is 0 Å². The van der Waals surface area contributed by atoms with Gasteiger partial charge in [-0.1, -0.05) is 42.6 Å². The highest BCUT2D eigenvalue weighted by Crippen LogP contribution is 2.19.